The summed E-state index contributed by atoms with van der Waals surface area (Å²) in [5.41, 5.74) is -0.314. The van der Waals surface area contributed by atoms with Crippen molar-refractivity contribution >= 4 is 23.1 Å². The van der Waals surface area contributed by atoms with E-state index in [9.17, 15) is 18.0 Å². The number of nitrogens with zero attached hydrogens (tertiary/aromatic N) is 4. The highest BCUT2D eigenvalue weighted by molar-refractivity contribution is 6.18. The van der Waals surface area contributed by atoms with E-state index >= 15 is 0 Å². The van der Waals surface area contributed by atoms with Crippen LogP contribution in [0, 0.1) is 0 Å². The first-order valence-electron chi connectivity index (χ1n) is 5.21. The Labute approximate surface area is 109 Å². The molecule has 2 aromatic rings. The van der Waals surface area contributed by atoms with Crippen molar-refractivity contribution in [3.05, 3.63) is 22.9 Å². The van der Waals surface area contributed by atoms with Gasteiger partial charge in [0, 0.05) is 18.5 Å². The highest BCUT2D eigenvalue weighted by Crippen LogP contribution is 2.20. The van der Waals surface area contributed by atoms with Gasteiger partial charge in [0.25, 0.3) is 0 Å². The van der Waals surface area contributed by atoms with Crippen LogP contribution in [-0.2, 0) is 0 Å². The lowest BCUT2D eigenvalue weighted by molar-refractivity contribution is -0.119. The predicted octanol–water partition coefficient (Wildman–Crippen LogP) is 1.03. The fraction of sp³-hybridized carbons (Fsp3) is 0.444. The fourth-order valence-corrected chi connectivity index (χ4v) is 1.77. The Bertz CT molecular complexity index is 622. The number of anilines is 1. The van der Waals surface area contributed by atoms with Crippen LogP contribution < -0.4 is 10.6 Å². The van der Waals surface area contributed by atoms with Crippen LogP contribution in [0.25, 0.3) is 5.65 Å². The van der Waals surface area contributed by atoms with Crippen molar-refractivity contribution in [2.45, 2.75) is 6.18 Å². The molecule has 0 aromatic carbocycles. The highest BCUT2D eigenvalue weighted by Gasteiger charge is 2.31. The monoisotopic (exact) mass is 295 g/mol. The molecule has 0 fully saturated rings. The van der Waals surface area contributed by atoms with Crippen LogP contribution in [0.15, 0.2) is 17.2 Å². The average molecular weight is 296 g/mol. The minimum atomic E-state index is -4.37. The first-order chi connectivity index (χ1) is 8.90. The smallest absolute Gasteiger partial charge is 0.346 e. The number of nitrogens with one attached hydrogen (secondary N) is 1. The number of hydrogen-bond donors (Lipinski definition) is 1. The van der Waals surface area contributed by atoms with E-state index in [1.165, 1.54) is 6.07 Å². The van der Waals surface area contributed by atoms with Crippen LogP contribution in [0.5, 0.6) is 0 Å². The first kappa shape index (κ1) is 13.7. The summed E-state index contributed by atoms with van der Waals surface area (Å²) in [5, 5.41) is 5.84. The Hall–Kier alpha value is -1.77. The molecule has 0 aliphatic carbocycles. The summed E-state index contributed by atoms with van der Waals surface area (Å²) in [6, 6.07) is 1.29. The molecule has 2 aromatic heterocycles. The second-order valence-corrected chi connectivity index (χ2v) is 4.11. The average Bonchev–Trinajstić information content (AvgIpc) is 2.68. The van der Waals surface area contributed by atoms with Crippen molar-refractivity contribution in [1.29, 1.82) is 0 Å². The summed E-state index contributed by atoms with van der Waals surface area (Å²) in [5.74, 6) is 0.0838. The Morgan fingerprint density at radius 1 is 1.47 bits per heavy atom. The largest absolute Gasteiger partial charge is 0.405 e. The van der Waals surface area contributed by atoms with Crippen LogP contribution in [0.4, 0.5) is 19.0 Å². The Morgan fingerprint density at radius 2 is 2.21 bits per heavy atom. The maximum atomic E-state index is 12.4. The van der Waals surface area contributed by atoms with Crippen molar-refractivity contribution in [3.63, 3.8) is 0 Å². The molecule has 6 nitrogen and oxygen atoms in total. The molecule has 0 saturated heterocycles. The molecule has 2 rings (SSSR count). The Balaban J connectivity index is 2.35. The fourth-order valence-electron chi connectivity index (χ4n) is 1.57. The quantitative estimate of drug-likeness (QED) is 0.856. The maximum absolute atomic E-state index is 12.4. The summed E-state index contributed by atoms with van der Waals surface area (Å²) in [6.07, 6.45) is -3.25. The molecule has 0 unspecified atom stereocenters. The third-order valence-electron chi connectivity index (χ3n) is 2.34. The molecule has 0 radical (unpaired) electrons. The molecule has 0 spiro atoms. The van der Waals surface area contributed by atoms with Crippen LogP contribution in [0.3, 0.4) is 0 Å². The molecular weight excluding hydrogens is 287 g/mol. The number of halogens is 4. The van der Waals surface area contributed by atoms with E-state index in [2.05, 4.69) is 15.2 Å². The van der Waals surface area contributed by atoms with Crippen molar-refractivity contribution < 1.29 is 13.2 Å². The van der Waals surface area contributed by atoms with Crippen LogP contribution in [-0.4, -0.2) is 44.7 Å². The van der Waals surface area contributed by atoms with E-state index in [0.717, 1.165) is 15.6 Å². The van der Waals surface area contributed by atoms with Crippen LogP contribution in [0.1, 0.15) is 0 Å². The van der Waals surface area contributed by atoms with E-state index in [4.69, 9.17) is 11.6 Å². The van der Waals surface area contributed by atoms with Crippen molar-refractivity contribution in [1.82, 2.24) is 19.6 Å². The molecule has 19 heavy (non-hydrogen) atoms. The standard InChI is InChI=1S/C9H9ClF3N5O/c10-1-2-17(4-9(11,12)13)6-3-7-15-16-8(19)18(7)5-14-6/h3,5H,1-2,4H2,(H,16,19). The summed E-state index contributed by atoms with van der Waals surface area (Å²) < 4.78 is 38.4. The van der Waals surface area contributed by atoms with Gasteiger partial charge in [0.1, 0.15) is 18.7 Å². The molecule has 10 heteroatoms. The van der Waals surface area contributed by atoms with Gasteiger partial charge in [-0.05, 0) is 0 Å². The lowest BCUT2D eigenvalue weighted by atomic mass is 10.4. The Morgan fingerprint density at radius 3 is 2.84 bits per heavy atom. The van der Waals surface area contributed by atoms with Gasteiger partial charge in [0.15, 0.2) is 5.65 Å². The zero-order valence-electron chi connectivity index (χ0n) is 9.48. The second kappa shape index (κ2) is 5.08. The topological polar surface area (TPSA) is 66.3 Å². The van der Waals surface area contributed by atoms with E-state index in [-0.39, 0.29) is 23.9 Å². The summed E-state index contributed by atoms with van der Waals surface area (Å²) in [6.45, 7) is -1.18. The first-order valence-corrected chi connectivity index (χ1v) is 5.74. The normalized spacial score (nSPS) is 12.0. The number of H-pyrrole nitrogens is 1. The van der Waals surface area contributed by atoms with Gasteiger partial charge in [-0.2, -0.15) is 18.3 Å². The van der Waals surface area contributed by atoms with Gasteiger partial charge in [0.05, 0.1) is 0 Å². The Kier molecular flexibility index (Phi) is 3.65. The molecule has 0 aliphatic heterocycles. The molecule has 104 valence electrons. The molecule has 0 atom stereocenters. The molecule has 2 heterocycles. The third-order valence-corrected chi connectivity index (χ3v) is 2.51. The number of rotatable bonds is 4. The van der Waals surface area contributed by atoms with E-state index < -0.39 is 18.4 Å². The molecule has 0 saturated carbocycles. The lowest BCUT2D eigenvalue weighted by Crippen LogP contribution is -2.36. The number of hydrogen-bond acceptors (Lipinski definition) is 4. The number of aromatic nitrogens is 4. The predicted molar refractivity (Wildman–Crippen MR) is 62.6 cm³/mol. The molecule has 1 N–H and O–H groups in total. The van der Waals surface area contributed by atoms with E-state index in [1.54, 1.807) is 0 Å². The summed E-state index contributed by atoms with van der Waals surface area (Å²) in [4.78, 5) is 16.0. The van der Waals surface area contributed by atoms with Crippen molar-refractivity contribution in [3.8, 4) is 0 Å². The van der Waals surface area contributed by atoms with Crippen molar-refractivity contribution in [2.24, 2.45) is 0 Å². The molecule has 0 aliphatic rings. The van der Waals surface area contributed by atoms with Crippen LogP contribution >= 0.6 is 11.6 Å². The molecular formula is C9H9ClF3N5O. The van der Waals surface area contributed by atoms with Gasteiger partial charge in [-0.3, -0.25) is 0 Å². The zero-order chi connectivity index (χ0) is 14.0. The van der Waals surface area contributed by atoms with Gasteiger partial charge in [0.2, 0.25) is 0 Å². The number of aromatic amines is 1. The van der Waals surface area contributed by atoms with E-state index in [1.807, 2.05) is 0 Å². The number of fused-ring (bicyclic) bond motifs is 1. The van der Waals surface area contributed by atoms with Crippen LogP contribution in [0.2, 0.25) is 0 Å². The summed E-state index contributed by atoms with van der Waals surface area (Å²) >= 11 is 5.48. The second-order valence-electron chi connectivity index (χ2n) is 3.73. The van der Waals surface area contributed by atoms with Crippen molar-refractivity contribution in [2.75, 3.05) is 23.9 Å². The minimum Gasteiger partial charge on any atom is -0.346 e. The van der Waals surface area contributed by atoms with Gasteiger partial charge in [-0.15, -0.1) is 11.6 Å². The summed E-state index contributed by atoms with van der Waals surface area (Å²) in [7, 11) is 0. The van der Waals surface area contributed by atoms with Gasteiger partial charge in [-0.25, -0.2) is 19.3 Å². The van der Waals surface area contributed by atoms with Gasteiger partial charge in [-0.1, -0.05) is 0 Å². The lowest BCUT2D eigenvalue weighted by Gasteiger charge is -2.23. The van der Waals surface area contributed by atoms with Gasteiger partial charge >= 0.3 is 11.9 Å². The maximum Gasteiger partial charge on any atom is 0.405 e. The third kappa shape index (κ3) is 3.16. The zero-order valence-corrected chi connectivity index (χ0v) is 10.2. The van der Waals surface area contributed by atoms with Gasteiger partial charge < -0.3 is 4.90 Å². The minimum absolute atomic E-state index is 0.0150. The molecule has 0 amide bonds. The molecule has 0 bridgehead atoms. The van der Waals surface area contributed by atoms with E-state index in [0.29, 0.717) is 0 Å². The highest BCUT2D eigenvalue weighted by atomic mass is 35.5. The SMILES string of the molecule is O=c1[nH]nc2cc(N(CCCl)CC(F)(F)F)ncn12. The number of alkyl halides is 4.